The molecule has 1 aromatic carbocycles. The van der Waals surface area contributed by atoms with E-state index < -0.39 is 0 Å². The lowest BCUT2D eigenvalue weighted by Gasteiger charge is -2.02. The number of benzene rings is 1. The van der Waals surface area contributed by atoms with Gasteiger partial charge in [0.05, 0.1) is 12.0 Å². The molecule has 3 rings (SSSR count). The van der Waals surface area contributed by atoms with Crippen molar-refractivity contribution in [1.29, 1.82) is 0 Å². The van der Waals surface area contributed by atoms with E-state index in [1.807, 2.05) is 6.33 Å². The van der Waals surface area contributed by atoms with E-state index in [1.165, 1.54) is 22.1 Å². The molecule has 0 radical (unpaired) electrons. The highest BCUT2D eigenvalue weighted by Gasteiger charge is 2.20. The van der Waals surface area contributed by atoms with Crippen molar-refractivity contribution in [2.24, 2.45) is 0 Å². The van der Waals surface area contributed by atoms with Gasteiger partial charge in [-0.15, -0.1) is 0 Å². The second-order valence-electron chi connectivity index (χ2n) is 4.41. The molecular weight excluding hydrogens is 325 g/mol. The number of hydrogen-bond acceptors (Lipinski definition) is 2. The summed E-state index contributed by atoms with van der Waals surface area (Å²) in [6.07, 6.45) is 6.62. The zero-order valence-corrected chi connectivity index (χ0v) is 11.6. The van der Waals surface area contributed by atoms with Gasteiger partial charge in [0, 0.05) is 28.0 Å². The predicted molar refractivity (Wildman–Crippen MR) is 76.1 cm³/mol. The normalized spacial score (nSPS) is 15.1. The average Bonchev–Trinajstić information content (AvgIpc) is 3.04. The summed E-state index contributed by atoms with van der Waals surface area (Å²) >= 11 is 2.33. The van der Waals surface area contributed by atoms with Gasteiger partial charge >= 0.3 is 0 Å². The molecular formula is C13H14IN3. The van der Waals surface area contributed by atoms with Gasteiger partial charge in [-0.3, -0.25) is 0 Å². The zero-order chi connectivity index (χ0) is 11.7. The van der Waals surface area contributed by atoms with Crippen molar-refractivity contribution in [2.75, 3.05) is 0 Å². The zero-order valence-electron chi connectivity index (χ0n) is 9.44. The largest absolute Gasteiger partial charge is 0.308 e. The minimum Gasteiger partial charge on any atom is -0.308 e. The molecule has 1 fully saturated rings. The van der Waals surface area contributed by atoms with Crippen LogP contribution in [0.25, 0.3) is 5.69 Å². The highest BCUT2D eigenvalue weighted by Crippen LogP contribution is 2.19. The molecule has 0 unspecified atom stereocenters. The molecule has 1 aromatic heterocycles. The molecule has 0 amide bonds. The summed E-state index contributed by atoms with van der Waals surface area (Å²) in [6.45, 7) is 0.877. The second kappa shape index (κ2) is 4.78. The first-order valence-electron chi connectivity index (χ1n) is 5.83. The third-order valence-corrected chi connectivity index (χ3v) is 3.56. The van der Waals surface area contributed by atoms with Gasteiger partial charge in [0.25, 0.3) is 0 Å². The van der Waals surface area contributed by atoms with Crippen LogP contribution in [0.1, 0.15) is 18.5 Å². The van der Waals surface area contributed by atoms with E-state index in [9.17, 15) is 0 Å². The quantitative estimate of drug-likeness (QED) is 0.868. The van der Waals surface area contributed by atoms with Gasteiger partial charge in [0.2, 0.25) is 0 Å². The van der Waals surface area contributed by atoms with Crippen molar-refractivity contribution in [3.05, 3.63) is 46.1 Å². The van der Waals surface area contributed by atoms with Gasteiger partial charge < -0.3 is 9.88 Å². The Morgan fingerprint density at radius 2 is 2.29 bits per heavy atom. The van der Waals surface area contributed by atoms with Crippen LogP contribution >= 0.6 is 22.6 Å². The van der Waals surface area contributed by atoms with Gasteiger partial charge in [0.15, 0.2) is 0 Å². The maximum absolute atomic E-state index is 4.42. The van der Waals surface area contributed by atoms with E-state index >= 15 is 0 Å². The molecule has 0 aliphatic heterocycles. The Hall–Kier alpha value is -0.880. The van der Waals surface area contributed by atoms with Crippen LogP contribution in [0.15, 0.2) is 36.8 Å². The fourth-order valence-electron chi connectivity index (χ4n) is 1.77. The maximum atomic E-state index is 4.42. The van der Waals surface area contributed by atoms with Crippen LogP contribution in [-0.4, -0.2) is 15.6 Å². The molecule has 1 aliphatic carbocycles. The molecule has 1 N–H and O–H groups in total. The Bertz CT molecular complexity index is 517. The Morgan fingerprint density at radius 1 is 1.41 bits per heavy atom. The molecule has 0 saturated heterocycles. The van der Waals surface area contributed by atoms with Gasteiger partial charge in [-0.2, -0.15) is 0 Å². The SMILES string of the molecule is Ic1cccc(-n2cnc(CNC3CC3)c2)c1. The van der Waals surface area contributed by atoms with E-state index in [1.54, 1.807) is 0 Å². The minimum absolute atomic E-state index is 0.734. The number of nitrogens with one attached hydrogen (secondary N) is 1. The minimum atomic E-state index is 0.734. The maximum Gasteiger partial charge on any atom is 0.0995 e. The monoisotopic (exact) mass is 339 g/mol. The fraction of sp³-hybridized carbons (Fsp3) is 0.308. The average molecular weight is 339 g/mol. The fourth-order valence-corrected chi connectivity index (χ4v) is 2.30. The Balaban J connectivity index is 1.74. The number of halogens is 1. The molecule has 17 heavy (non-hydrogen) atoms. The van der Waals surface area contributed by atoms with E-state index in [0.717, 1.165) is 18.3 Å². The summed E-state index contributed by atoms with van der Waals surface area (Å²) in [6, 6.07) is 9.15. The van der Waals surface area contributed by atoms with Crippen LogP contribution in [0.2, 0.25) is 0 Å². The molecule has 1 aliphatic rings. The molecule has 4 heteroatoms. The van der Waals surface area contributed by atoms with Crippen LogP contribution < -0.4 is 5.32 Å². The van der Waals surface area contributed by atoms with Gasteiger partial charge in [-0.25, -0.2) is 4.98 Å². The second-order valence-corrected chi connectivity index (χ2v) is 5.65. The summed E-state index contributed by atoms with van der Waals surface area (Å²) in [7, 11) is 0. The molecule has 0 atom stereocenters. The molecule has 0 bridgehead atoms. The number of aromatic nitrogens is 2. The number of hydrogen-bond donors (Lipinski definition) is 1. The van der Waals surface area contributed by atoms with Gasteiger partial charge in [-0.1, -0.05) is 6.07 Å². The first-order valence-corrected chi connectivity index (χ1v) is 6.91. The summed E-state index contributed by atoms with van der Waals surface area (Å²) < 4.78 is 3.32. The van der Waals surface area contributed by atoms with Crippen LogP contribution in [-0.2, 0) is 6.54 Å². The summed E-state index contributed by atoms with van der Waals surface area (Å²) in [5, 5.41) is 3.47. The van der Waals surface area contributed by atoms with Gasteiger partial charge in [-0.05, 0) is 53.6 Å². The molecule has 88 valence electrons. The number of rotatable bonds is 4. The lowest BCUT2D eigenvalue weighted by Crippen LogP contribution is -2.15. The molecule has 1 saturated carbocycles. The van der Waals surface area contributed by atoms with Crippen LogP contribution in [0.3, 0.4) is 0 Å². The summed E-state index contributed by atoms with van der Waals surface area (Å²) in [4.78, 5) is 4.42. The van der Waals surface area contributed by atoms with E-state index in [2.05, 4.69) is 67.9 Å². The Kier molecular flexibility index (Phi) is 3.15. The third kappa shape index (κ3) is 2.87. The number of nitrogens with zero attached hydrogens (tertiary/aromatic N) is 2. The Morgan fingerprint density at radius 3 is 3.06 bits per heavy atom. The van der Waals surface area contributed by atoms with Crippen molar-refractivity contribution in [3.63, 3.8) is 0 Å². The van der Waals surface area contributed by atoms with Crippen LogP contribution in [0, 0.1) is 3.57 Å². The first kappa shape index (κ1) is 11.2. The van der Waals surface area contributed by atoms with Crippen molar-refractivity contribution in [1.82, 2.24) is 14.9 Å². The van der Waals surface area contributed by atoms with Crippen molar-refractivity contribution >= 4 is 22.6 Å². The third-order valence-electron chi connectivity index (χ3n) is 2.89. The molecule has 1 heterocycles. The van der Waals surface area contributed by atoms with E-state index in [-0.39, 0.29) is 0 Å². The van der Waals surface area contributed by atoms with Crippen LogP contribution in [0.4, 0.5) is 0 Å². The predicted octanol–water partition coefficient (Wildman–Crippen LogP) is 2.73. The number of imidazole rings is 1. The van der Waals surface area contributed by atoms with E-state index in [4.69, 9.17) is 0 Å². The lowest BCUT2D eigenvalue weighted by atomic mass is 10.3. The highest BCUT2D eigenvalue weighted by molar-refractivity contribution is 14.1. The van der Waals surface area contributed by atoms with Crippen molar-refractivity contribution in [2.45, 2.75) is 25.4 Å². The van der Waals surface area contributed by atoms with Gasteiger partial charge in [0.1, 0.15) is 0 Å². The summed E-state index contributed by atoms with van der Waals surface area (Å²) in [5.74, 6) is 0. The highest BCUT2D eigenvalue weighted by atomic mass is 127. The lowest BCUT2D eigenvalue weighted by molar-refractivity contribution is 0.677. The molecule has 3 nitrogen and oxygen atoms in total. The molecule has 2 aromatic rings. The smallest absolute Gasteiger partial charge is 0.0995 e. The topological polar surface area (TPSA) is 29.9 Å². The first-order chi connectivity index (χ1) is 8.31. The van der Waals surface area contributed by atoms with E-state index in [0.29, 0.717) is 0 Å². The standard InChI is InChI=1S/C13H14IN3/c14-10-2-1-3-13(6-10)17-8-12(16-9-17)7-15-11-4-5-11/h1-3,6,8-9,11,15H,4-5,7H2. The summed E-state index contributed by atoms with van der Waals surface area (Å²) in [5.41, 5.74) is 2.28. The van der Waals surface area contributed by atoms with Crippen LogP contribution in [0.5, 0.6) is 0 Å². The molecule has 0 spiro atoms. The van der Waals surface area contributed by atoms with Crippen molar-refractivity contribution < 1.29 is 0 Å². The van der Waals surface area contributed by atoms with Crippen molar-refractivity contribution in [3.8, 4) is 5.69 Å². The Labute approximate surface area is 114 Å².